The number of hydrogen-bond acceptors (Lipinski definition) is 4. The van der Waals surface area contributed by atoms with E-state index in [4.69, 9.17) is 4.74 Å². The summed E-state index contributed by atoms with van der Waals surface area (Å²) in [5.74, 6) is 0.860. The van der Waals surface area contributed by atoms with Crippen LogP contribution in [-0.2, 0) is 0 Å². The van der Waals surface area contributed by atoms with E-state index in [1.54, 1.807) is 24.3 Å². The van der Waals surface area contributed by atoms with Crippen LogP contribution in [-0.4, -0.2) is 22.6 Å². The molecule has 4 nitrogen and oxygen atoms in total. The lowest BCUT2D eigenvalue weighted by Crippen LogP contribution is -1.99. The molecular formula is C21H24O4. The molecule has 0 amide bonds. The Kier molecular flexibility index (Phi) is 6.23. The summed E-state index contributed by atoms with van der Waals surface area (Å²) in [5.41, 5.74) is 2.05. The number of ether oxygens (including phenoxy) is 1. The standard InChI is InChI=1S/C21H24O4/c1-4-11-25-21-13-20(24)18(14(2)3)12-16(21)7-10-19(23)15-5-8-17(22)9-6-15/h5-10,12-14,22,24H,4,11H2,1-3H3/b10-7+. The number of phenols is 2. The maximum atomic E-state index is 12.3. The smallest absolute Gasteiger partial charge is 0.185 e. The van der Waals surface area contributed by atoms with Gasteiger partial charge in [-0.1, -0.05) is 20.8 Å². The molecule has 0 atom stereocenters. The Bertz CT molecular complexity index is 758. The zero-order valence-electron chi connectivity index (χ0n) is 14.8. The van der Waals surface area contributed by atoms with E-state index in [1.807, 2.05) is 26.8 Å². The lowest BCUT2D eigenvalue weighted by Gasteiger charge is -2.14. The third-order valence-electron chi connectivity index (χ3n) is 3.81. The molecule has 2 rings (SSSR count). The molecule has 132 valence electrons. The number of rotatable bonds is 7. The molecule has 2 aromatic rings. The lowest BCUT2D eigenvalue weighted by molar-refractivity contribution is 0.104. The quantitative estimate of drug-likeness (QED) is 0.555. The summed E-state index contributed by atoms with van der Waals surface area (Å²) in [7, 11) is 0. The van der Waals surface area contributed by atoms with Crippen molar-refractivity contribution >= 4 is 11.9 Å². The van der Waals surface area contributed by atoms with E-state index in [-0.39, 0.29) is 23.2 Å². The van der Waals surface area contributed by atoms with Crippen molar-refractivity contribution in [3.8, 4) is 17.2 Å². The fourth-order valence-electron chi connectivity index (χ4n) is 2.42. The first-order chi connectivity index (χ1) is 11.9. The molecule has 0 saturated heterocycles. The van der Waals surface area contributed by atoms with Gasteiger partial charge in [0.2, 0.25) is 0 Å². The first kappa shape index (κ1) is 18.6. The third kappa shape index (κ3) is 4.86. The average molecular weight is 340 g/mol. The number of benzene rings is 2. The van der Waals surface area contributed by atoms with Gasteiger partial charge in [0, 0.05) is 17.2 Å². The van der Waals surface area contributed by atoms with Gasteiger partial charge in [0.05, 0.1) is 6.61 Å². The summed E-state index contributed by atoms with van der Waals surface area (Å²) in [5, 5.41) is 19.5. The normalized spacial score (nSPS) is 11.2. The lowest BCUT2D eigenvalue weighted by atomic mass is 9.98. The van der Waals surface area contributed by atoms with Crippen molar-refractivity contribution in [3.63, 3.8) is 0 Å². The predicted molar refractivity (Wildman–Crippen MR) is 99.5 cm³/mol. The monoisotopic (exact) mass is 340 g/mol. The summed E-state index contributed by atoms with van der Waals surface area (Å²) in [6.07, 6.45) is 4.02. The second kappa shape index (κ2) is 8.38. The van der Waals surface area contributed by atoms with Gasteiger partial charge < -0.3 is 14.9 Å². The van der Waals surface area contributed by atoms with Crippen molar-refractivity contribution in [2.45, 2.75) is 33.1 Å². The van der Waals surface area contributed by atoms with Crippen molar-refractivity contribution in [1.82, 2.24) is 0 Å². The molecule has 0 unspecified atom stereocenters. The van der Waals surface area contributed by atoms with Crippen LogP contribution in [0.3, 0.4) is 0 Å². The van der Waals surface area contributed by atoms with Crippen LogP contribution in [0.1, 0.15) is 54.6 Å². The van der Waals surface area contributed by atoms with E-state index in [1.165, 1.54) is 18.2 Å². The molecule has 2 aromatic carbocycles. The Morgan fingerprint density at radius 2 is 1.84 bits per heavy atom. The second-order valence-electron chi connectivity index (χ2n) is 6.20. The summed E-state index contributed by atoms with van der Waals surface area (Å²) in [6.45, 7) is 6.53. The van der Waals surface area contributed by atoms with Crippen LogP contribution in [0.4, 0.5) is 0 Å². The molecule has 4 heteroatoms. The largest absolute Gasteiger partial charge is 0.508 e. The van der Waals surface area contributed by atoms with E-state index < -0.39 is 0 Å². The molecular weight excluding hydrogens is 316 g/mol. The van der Waals surface area contributed by atoms with Crippen molar-refractivity contribution in [2.24, 2.45) is 0 Å². The number of allylic oxidation sites excluding steroid dienone is 1. The van der Waals surface area contributed by atoms with Gasteiger partial charge in [-0.25, -0.2) is 0 Å². The van der Waals surface area contributed by atoms with Gasteiger partial charge in [-0.2, -0.15) is 0 Å². The number of aromatic hydroxyl groups is 2. The number of hydrogen-bond donors (Lipinski definition) is 2. The van der Waals surface area contributed by atoms with Gasteiger partial charge in [-0.05, 0) is 60.4 Å². The Balaban J connectivity index is 2.33. The minimum absolute atomic E-state index is 0.121. The van der Waals surface area contributed by atoms with Crippen LogP contribution in [0.15, 0.2) is 42.5 Å². The number of phenolic OH excluding ortho intramolecular Hbond substituents is 2. The molecule has 25 heavy (non-hydrogen) atoms. The minimum Gasteiger partial charge on any atom is -0.508 e. The Morgan fingerprint density at radius 1 is 1.16 bits per heavy atom. The molecule has 0 heterocycles. The molecule has 0 aliphatic heterocycles. The summed E-state index contributed by atoms with van der Waals surface area (Å²) in [4.78, 5) is 12.3. The molecule has 0 aliphatic rings. The summed E-state index contributed by atoms with van der Waals surface area (Å²) in [6, 6.07) is 9.57. The topological polar surface area (TPSA) is 66.8 Å². The third-order valence-corrected chi connectivity index (χ3v) is 3.81. The van der Waals surface area contributed by atoms with E-state index in [2.05, 4.69) is 0 Å². The van der Waals surface area contributed by atoms with Crippen molar-refractivity contribution in [2.75, 3.05) is 6.61 Å². The van der Waals surface area contributed by atoms with E-state index in [9.17, 15) is 15.0 Å². The Hall–Kier alpha value is -2.75. The highest BCUT2D eigenvalue weighted by atomic mass is 16.5. The van der Waals surface area contributed by atoms with Crippen LogP contribution in [0, 0.1) is 0 Å². The highest BCUT2D eigenvalue weighted by molar-refractivity contribution is 6.07. The SMILES string of the molecule is CCCOc1cc(O)c(C(C)C)cc1/C=C/C(=O)c1ccc(O)cc1. The maximum absolute atomic E-state index is 12.3. The van der Waals surface area contributed by atoms with Crippen LogP contribution < -0.4 is 4.74 Å². The molecule has 0 radical (unpaired) electrons. The summed E-state index contributed by atoms with van der Waals surface area (Å²) < 4.78 is 5.70. The summed E-state index contributed by atoms with van der Waals surface area (Å²) >= 11 is 0. The van der Waals surface area contributed by atoms with Gasteiger partial charge in [0.15, 0.2) is 5.78 Å². The van der Waals surface area contributed by atoms with Crippen LogP contribution in [0.25, 0.3) is 6.08 Å². The Morgan fingerprint density at radius 3 is 2.44 bits per heavy atom. The minimum atomic E-state index is -0.166. The van der Waals surface area contributed by atoms with Gasteiger partial charge in [0.25, 0.3) is 0 Å². The van der Waals surface area contributed by atoms with Gasteiger partial charge in [-0.3, -0.25) is 4.79 Å². The van der Waals surface area contributed by atoms with E-state index in [0.29, 0.717) is 17.9 Å². The van der Waals surface area contributed by atoms with Crippen molar-refractivity contribution < 1.29 is 19.7 Å². The van der Waals surface area contributed by atoms with Gasteiger partial charge >= 0.3 is 0 Å². The molecule has 0 saturated carbocycles. The highest BCUT2D eigenvalue weighted by Crippen LogP contribution is 2.33. The number of carbonyl (C=O) groups excluding carboxylic acids is 1. The molecule has 2 N–H and O–H groups in total. The average Bonchev–Trinajstić information content (AvgIpc) is 2.58. The Labute approximate surface area is 148 Å². The van der Waals surface area contributed by atoms with Crippen LogP contribution in [0.2, 0.25) is 0 Å². The molecule has 0 aliphatic carbocycles. The molecule has 0 fully saturated rings. The zero-order chi connectivity index (χ0) is 18.4. The molecule has 0 aromatic heterocycles. The zero-order valence-corrected chi connectivity index (χ0v) is 14.8. The van der Waals surface area contributed by atoms with Crippen LogP contribution >= 0.6 is 0 Å². The van der Waals surface area contributed by atoms with Gasteiger partial charge in [0.1, 0.15) is 17.2 Å². The maximum Gasteiger partial charge on any atom is 0.185 e. The molecule has 0 spiro atoms. The van der Waals surface area contributed by atoms with E-state index >= 15 is 0 Å². The van der Waals surface area contributed by atoms with E-state index in [0.717, 1.165) is 17.5 Å². The second-order valence-corrected chi connectivity index (χ2v) is 6.20. The highest BCUT2D eigenvalue weighted by Gasteiger charge is 2.12. The van der Waals surface area contributed by atoms with Crippen LogP contribution in [0.5, 0.6) is 17.2 Å². The predicted octanol–water partition coefficient (Wildman–Crippen LogP) is 4.91. The van der Waals surface area contributed by atoms with Gasteiger partial charge in [-0.15, -0.1) is 0 Å². The first-order valence-electron chi connectivity index (χ1n) is 8.43. The fourth-order valence-corrected chi connectivity index (χ4v) is 2.42. The number of carbonyl (C=O) groups is 1. The van der Waals surface area contributed by atoms with Crippen molar-refractivity contribution in [1.29, 1.82) is 0 Å². The number of ketones is 1. The first-order valence-corrected chi connectivity index (χ1v) is 8.43. The van der Waals surface area contributed by atoms with Crippen molar-refractivity contribution in [3.05, 3.63) is 59.2 Å². The molecule has 0 bridgehead atoms. The fraction of sp³-hybridized carbons (Fsp3) is 0.286.